The normalized spacial score (nSPS) is 12.7. The summed E-state index contributed by atoms with van der Waals surface area (Å²) in [7, 11) is 0. The Bertz CT molecular complexity index is 509. The van der Waals surface area contributed by atoms with Crippen molar-refractivity contribution in [2.45, 2.75) is 46.7 Å². The SMILES string of the molecule is CC(C)Cn1ccnc(NC(CC(=O)O)C(C)C)c1=O. The fraction of sp³-hybridized carbons (Fsp3) is 0.643. The third kappa shape index (κ3) is 4.68. The first-order chi connectivity index (χ1) is 9.31. The van der Waals surface area contributed by atoms with Crippen molar-refractivity contribution in [1.82, 2.24) is 9.55 Å². The van der Waals surface area contributed by atoms with Crippen LogP contribution in [-0.4, -0.2) is 26.7 Å². The minimum Gasteiger partial charge on any atom is -0.481 e. The largest absolute Gasteiger partial charge is 0.481 e. The van der Waals surface area contributed by atoms with Crippen LogP contribution >= 0.6 is 0 Å². The standard InChI is InChI=1S/C14H23N3O3/c1-9(2)8-17-6-5-15-13(14(17)20)16-11(10(3)4)7-12(18)19/h5-6,9-11H,7-8H2,1-4H3,(H,15,16)(H,18,19). The minimum atomic E-state index is -0.894. The van der Waals surface area contributed by atoms with Gasteiger partial charge in [0.05, 0.1) is 6.42 Å². The number of anilines is 1. The predicted molar refractivity (Wildman–Crippen MR) is 77.8 cm³/mol. The Kier molecular flexibility index (Phi) is 5.73. The summed E-state index contributed by atoms with van der Waals surface area (Å²) in [6.45, 7) is 8.50. The van der Waals surface area contributed by atoms with Crippen molar-refractivity contribution in [3.63, 3.8) is 0 Å². The summed E-state index contributed by atoms with van der Waals surface area (Å²) in [5.74, 6) is -0.239. The van der Waals surface area contributed by atoms with E-state index >= 15 is 0 Å². The molecule has 0 aliphatic rings. The number of carboxylic acids is 1. The Labute approximate surface area is 118 Å². The van der Waals surface area contributed by atoms with Gasteiger partial charge in [0.2, 0.25) is 0 Å². The van der Waals surface area contributed by atoms with E-state index in [-0.39, 0.29) is 29.8 Å². The molecule has 0 aliphatic heterocycles. The van der Waals surface area contributed by atoms with Crippen LogP contribution in [0, 0.1) is 11.8 Å². The van der Waals surface area contributed by atoms with Crippen molar-refractivity contribution < 1.29 is 9.90 Å². The van der Waals surface area contributed by atoms with E-state index < -0.39 is 5.97 Å². The van der Waals surface area contributed by atoms with Crippen LogP contribution in [-0.2, 0) is 11.3 Å². The molecule has 1 unspecified atom stereocenters. The molecule has 0 radical (unpaired) electrons. The zero-order valence-electron chi connectivity index (χ0n) is 12.5. The number of hydrogen-bond acceptors (Lipinski definition) is 4. The van der Waals surface area contributed by atoms with E-state index in [4.69, 9.17) is 5.11 Å². The van der Waals surface area contributed by atoms with Crippen molar-refractivity contribution in [2.75, 3.05) is 5.32 Å². The second-order valence-electron chi connectivity index (χ2n) is 5.72. The average molecular weight is 281 g/mol. The predicted octanol–water partition coefficient (Wildman–Crippen LogP) is 1.81. The highest BCUT2D eigenvalue weighted by atomic mass is 16.4. The lowest BCUT2D eigenvalue weighted by Gasteiger charge is -2.21. The second-order valence-corrected chi connectivity index (χ2v) is 5.72. The molecule has 0 spiro atoms. The zero-order valence-corrected chi connectivity index (χ0v) is 12.5. The number of aliphatic carboxylic acids is 1. The lowest BCUT2D eigenvalue weighted by molar-refractivity contribution is -0.137. The molecule has 1 heterocycles. The van der Waals surface area contributed by atoms with Crippen LogP contribution in [0.5, 0.6) is 0 Å². The minimum absolute atomic E-state index is 0.0438. The smallest absolute Gasteiger partial charge is 0.305 e. The molecule has 0 saturated heterocycles. The van der Waals surface area contributed by atoms with E-state index in [1.807, 2.05) is 27.7 Å². The molecule has 0 fully saturated rings. The molecule has 1 aromatic rings. The summed E-state index contributed by atoms with van der Waals surface area (Å²) < 4.78 is 1.60. The molecule has 0 aliphatic carbocycles. The van der Waals surface area contributed by atoms with Crippen LogP contribution in [0.15, 0.2) is 17.2 Å². The molecule has 0 amide bonds. The molecule has 2 N–H and O–H groups in total. The van der Waals surface area contributed by atoms with Crippen LogP contribution in [0.1, 0.15) is 34.1 Å². The first-order valence-corrected chi connectivity index (χ1v) is 6.85. The van der Waals surface area contributed by atoms with Crippen molar-refractivity contribution in [2.24, 2.45) is 11.8 Å². The molecular weight excluding hydrogens is 258 g/mol. The van der Waals surface area contributed by atoms with Crippen LogP contribution in [0.2, 0.25) is 0 Å². The molecule has 20 heavy (non-hydrogen) atoms. The Morgan fingerprint density at radius 2 is 2.05 bits per heavy atom. The Morgan fingerprint density at radius 1 is 1.40 bits per heavy atom. The number of carbonyl (C=O) groups is 1. The average Bonchev–Trinajstić information content (AvgIpc) is 2.32. The zero-order chi connectivity index (χ0) is 15.3. The highest BCUT2D eigenvalue weighted by molar-refractivity contribution is 5.68. The van der Waals surface area contributed by atoms with Gasteiger partial charge in [0, 0.05) is 25.0 Å². The van der Waals surface area contributed by atoms with Crippen molar-refractivity contribution in [3.05, 3.63) is 22.7 Å². The lowest BCUT2D eigenvalue weighted by Crippen LogP contribution is -2.34. The second kappa shape index (κ2) is 7.07. The van der Waals surface area contributed by atoms with Gasteiger partial charge in [-0.15, -0.1) is 0 Å². The number of nitrogens with one attached hydrogen (secondary N) is 1. The van der Waals surface area contributed by atoms with E-state index in [9.17, 15) is 9.59 Å². The van der Waals surface area contributed by atoms with Crippen LogP contribution < -0.4 is 10.9 Å². The van der Waals surface area contributed by atoms with E-state index in [2.05, 4.69) is 10.3 Å². The van der Waals surface area contributed by atoms with E-state index in [0.717, 1.165) is 0 Å². The quantitative estimate of drug-likeness (QED) is 0.796. The Hall–Kier alpha value is -1.85. The van der Waals surface area contributed by atoms with Gasteiger partial charge < -0.3 is 15.0 Å². The maximum Gasteiger partial charge on any atom is 0.305 e. The molecular formula is C14H23N3O3. The molecule has 1 aromatic heterocycles. The topological polar surface area (TPSA) is 84.2 Å². The summed E-state index contributed by atoms with van der Waals surface area (Å²) >= 11 is 0. The molecule has 1 rings (SSSR count). The number of hydrogen-bond donors (Lipinski definition) is 2. The molecule has 1 atom stereocenters. The fourth-order valence-corrected chi connectivity index (χ4v) is 1.90. The van der Waals surface area contributed by atoms with E-state index in [1.165, 1.54) is 0 Å². The lowest BCUT2D eigenvalue weighted by atomic mass is 10.0. The van der Waals surface area contributed by atoms with Gasteiger partial charge in [-0.25, -0.2) is 4.98 Å². The first-order valence-electron chi connectivity index (χ1n) is 6.85. The third-order valence-electron chi connectivity index (χ3n) is 3.00. The van der Waals surface area contributed by atoms with Gasteiger partial charge >= 0.3 is 5.97 Å². The van der Waals surface area contributed by atoms with Gasteiger partial charge in [-0.05, 0) is 11.8 Å². The molecule has 6 heteroatoms. The summed E-state index contributed by atoms with van der Waals surface area (Å²) in [5.41, 5.74) is -0.211. The molecule has 112 valence electrons. The van der Waals surface area contributed by atoms with Crippen LogP contribution in [0.4, 0.5) is 5.82 Å². The highest BCUT2D eigenvalue weighted by Crippen LogP contribution is 2.11. The van der Waals surface area contributed by atoms with Crippen LogP contribution in [0.25, 0.3) is 0 Å². The molecule has 0 bridgehead atoms. The van der Waals surface area contributed by atoms with Gasteiger partial charge in [-0.3, -0.25) is 9.59 Å². The number of carboxylic acid groups (broad SMARTS) is 1. The monoisotopic (exact) mass is 281 g/mol. The van der Waals surface area contributed by atoms with Gasteiger partial charge in [-0.2, -0.15) is 0 Å². The van der Waals surface area contributed by atoms with Crippen LogP contribution in [0.3, 0.4) is 0 Å². The van der Waals surface area contributed by atoms with Gasteiger partial charge in [0.15, 0.2) is 5.82 Å². The highest BCUT2D eigenvalue weighted by Gasteiger charge is 2.19. The fourth-order valence-electron chi connectivity index (χ4n) is 1.90. The van der Waals surface area contributed by atoms with Crippen molar-refractivity contribution >= 4 is 11.8 Å². The number of rotatable bonds is 7. The Morgan fingerprint density at radius 3 is 2.55 bits per heavy atom. The summed E-state index contributed by atoms with van der Waals surface area (Å²) in [6.07, 6.45) is 3.16. The van der Waals surface area contributed by atoms with Gasteiger partial charge in [-0.1, -0.05) is 27.7 Å². The maximum atomic E-state index is 12.2. The Balaban J connectivity index is 2.96. The molecule has 6 nitrogen and oxygen atoms in total. The number of nitrogens with zero attached hydrogens (tertiary/aromatic N) is 2. The summed E-state index contributed by atoms with van der Waals surface area (Å²) in [6, 6.07) is -0.317. The molecule has 0 aromatic carbocycles. The van der Waals surface area contributed by atoms with Gasteiger partial charge in [0.25, 0.3) is 5.56 Å². The summed E-state index contributed by atoms with van der Waals surface area (Å²) in [5, 5.41) is 11.9. The summed E-state index contributed by atoms with van der Waals surface area (Å²) in [4.78, 5) is 27.1. The first kappa shape index (κ1) is 16.2. The van der Waals surface area contributed by atoms with Crippen molar-refractivity contribution in [1.29, 1.82) is 0 Å². The van der Waals surface area contributed by atoms with E-state index in [0.29, 0.717) is 12.5 Å². The number of aromatic nitrogens is 2. The van der Waals surface area contributed by atoms with Gasteiger partial charge in [0.1, 0.15) is 0 Å². The molecule has 0 saturated carbocycles. The third-order valence-corrected chi connectivity index (χ3v) is 3.00. The maximum absolute atomic E-state index is 12.2. The van der Waals surface area contributed by atoms with E-state index in [1.54, 1.807) is 17.0 Å². The van der Waals surface area contributed by atoms with Crippen molar-refractivity contribution in [3.8, 4) is 0 Å².